The molecule has 0 amide bonds. The van der Waals surface area contributed by atoms with Gasteiger partial charge in [-0.2, -0.15) is 7.82 Å². The molecule has 0 bridgehead atoms. The van der Waals surface area contributed by atoms with Gasteiger partial charge in [-0.25, -0.2) is 0 Å². The van der Waals surface area contributed by atoms with E-state index in [4.69, 9.17) is 19.2 Å². The molecular formula is GeLiO4PTi+2. The van der Waals surface area contributed by atoms with E-state index in [2.05, 4.69) is 0 Å². The summed E-state index contributed by atoms with van der Waals surface area (Å²) >= 11 is 0. The zero-order valence-electron chi connectivity index (χ0n) is 4.08. The van der Waals surface area contributed by atoms with Crippen molar-refractivity contribution < 1.29 is 59.8 Å². The van der Waals surface area contributed by atoms with Crippen LogP contribution < -0.4 is 33.5 Å². The van der Waals surface area contributed by atoms with Crippen molar-refractivity contribution >= 4 is 25.4 Å². The molecule has 0 saturated carbocycles. The Labute approximate surface area is 84.7 Å². The minimum atomic E-state index is -5.39. The van der Waals surface area contributed by atoms with Gasteiger partial charge in [-0.15, -0.1) is 0 Å². The third-order valence-electron chi connectivity index (χ3n) is 0. The quantitative estimate of drug-likeness (QED) is 0.301. The fourth-order valence-corrected chi connectivity index (χ4v) is 0. The van der Waals surface area contributed by atoms with E-state index in [1.54, 1.807) is 0 Å². The van der Waals surface area contributed by atoms with Crippen LogP contribution in [0.15, 0.2) is 0 Å². The zero-order chi connectivity index (χ0) is 4.50. The van der Waals surface area contributed by atoms with E-state index in [1.165, 1.54) is 0 Å². The van der Waals surface area contributed by atoms with E-state index in [1.807, 2.05) is 0 Å². The average Bonchev–Trinajstić information content (AvgIpc) is 0.722. The van der Waals surface area contributed by atoms with Crippen LogP contribution in [-0.2, 0) is 26.3 Å². The molecule has 0 aromatic heterocycles. The first-order valence-electron chi connectivity index (χ1n) is 0.730. The van der Waals surface area contributed by atoms with Gasteiger partial charge in [-0.05, 0) is 0 Å². The molecule has 0 N–H and O–H groups in total. The minimum absolute atomic E-state index is 0. The molecule has 4 radical (unpaired) electrons. The summed E-state index contributed by atoms with van der Waals surface area (Å²) in [6, 6.07) is 0. The molecule has 0 spiro atoms. The molecule has 0 heterocycles. The smallest absolute Gasteiger partial charge is 0.822 e. The van der Waals surface area contributed by atoms with E-state index >= 15 is 0 Å². The van der Waals surface area contributed by atoms with Crippen molar-refractivity contribution in [2.24, 2.45) is 0 Å². The summed E-state index contributed by atoms with van der Waals surface area (Å²) in [6.45, 7) is 0. The van der Waals surface area contributed by atoms with Gasteiger partial charge in [0, 0.05) is 17.6 Å². The van der Waals surface area contributed by atoms with Gasteiger partial charge in [0.1, 0.15) is 0 Å². The molecule has 4 nitrogen and oxygen atoms in total. The Bertz CT molecular complexity index is 62.2. The van der Waals surface area contributed by atoms with Gasteiger partial charge in [0.15, 0.2) is 0 Å². The van der Waals surface area contributed by atoms with Gasteiger partial charge in [0.05, 0.1) is 0 Å². The molecule has 0 aliphatic heterocycles. The summed E-state index contributed by atoms with van der Waals surface area (Å²) in [6.07, 6.45) is 0. The topological polar surface area (TPSA) is 86.2 Å². The maximum absolute atomic E-state index is 8.55. The standard InChI is InChI=1S/Ge.Li.H3O4P.Ti/c;;1-5(2,3)4;/h;;(H3,1,2,3,4);/q;+1;;+4/p-3. The van der Waals surface area contributed by atoms with Crippen LogP contribution >= 0.6 is 7.82 Å². The molecule has 0 rings (SSSR count). The van der Waals surface area contributed by atoms with Crippen molar-refractivity contribution in [3.8, 4) is 0 Å². The van der Waals surface area contributed by atoms with Crippen molar-refractivity contribution in [3.05, 3.63) is 0 Å². The van der Waals surface area contributed by atoms with Crippen molar-refractivity contribution in [2.45, 2.75) is 0 Å². The van der Waals surface area contributed by atoms with Crippen molar-refractivity contribution in [1.82, 2.24) is 0 Å². The Balaban J connectivity index is -0.0000000267. The molecule has 8 heavy (non-hydrogen) atoms. The molecule has 0 aromatic carbocycles. The maximum Gasteiger partial charge on any atom is 4.00 e. The molecule has 0 atom stereocenters. The summed E-state index contributed by atoms with van der Waals surface area (Å²) in [7, 11) is -5.39. The van der Waals surface area contributed by atoms with E-state index in [0.29, 0.717) is 0 Å². The van der Waals surface area contributed by atoms with Crippen molar-refractivity contribution in [2.75, 3.05) is 0 Å². The Hall–Kier alpha value is 1.96. The number of phosphoric acid groups is 1. The third-order valence-corrected chi connectivity index (χ3v) is 0. The summed E-state index contributed by atoms with van der Waals surface area (Å²) in [4.78, 5) is 25.6. The van der Waals surface area contributed by atoms with Crippen LogP contribution in [-0.4, -0.2) is 17.6 Å². The number of rotatable bonds is 0. The van der Waals surface area contributed by atoms with Gasteiger partial charge in [0.25, 0.3) is 0 Å². The summed E-state index contributed by atoms with van der Waals surface area (Å²) in [5.74, 6) is 0. The fourth-order valence-electron chi connectivity index (χ4n) is 0. The van der Waals surface area contributed by atoms with Crippen LogP contribution in [0, 0.1) is 0 Å². The summed E-state index contributed by atoms with van der Waals surface area (Å²) in [5.41, 5.74) is 0. The minimum Gasteiger partial charge on any atom is -0.822 e. The third kappa shape index (κ3) is 100. The second-order valence-electron chi connectivity index (χ2n) is 0.447. The maximum atomic E-state index is 8.55. The molecule has 0 aliphatic rings. The van der Waals surface area contributed by atoms with Gasteiger partial charge in [0.2, 0.25) is 0 Å². The van der Waals surface area contributed by atoms with Gasteiger partial charge >= 0.3 is 40.6 Å². The molecule has 8 heteroatoms. The summed E-state index contributed by atoms with van der Waals surface area (Å²) in [5, 5.41) is 0. The van der Waals surface area contributed by atoms with E-state index in [0.717, 1.165) is 0 Å². The van der Waals surface area contributed by atoms with Crippen molar-refractivity contribution in [3.63, 3.8) is 0 Å². The van der Waals surface area contributed by atoms with Crippen LogP contribution in [0.2, 0.25) is 0 Å². The van der Waals surface area contributed by atoms with Crippen LogP contribution in [0.5, 0.6) is 0 Å². The fraction of sp³-hybridized carbons (Fsp3) is 0. The molecule has 0 fully saturated rings. The van der Waals surface area contributed by atoms with Gasteiger partial charge in [-0.1, -0.05) is 0 Å². The second-order valence-corrected chi connectivity index (χ2v) is 1.34. The molecule has 36 valence electrons. The molecule has 0 unspecified atom stereocenters. The SMILES string of the molecule is O=P([O-])([O-])[O-].[Ge].[Li+].[Ti+4]. The predicted molar refractivity (Wildman–Crippen MR) is 13.4 cm³/mol. The Morgan fingerprint density at radius 3 is 1.12 bits per heavy atom. The van der Waals surface area contributed by atoms with Crippen LogP contribution in [0.4, 0.5) is 0 Å². The van der Waals surface area contributed by atoms with E-state index in [9.17, 15) is 0 Å². The first-order valence-corrected chi connectivity index (χ1v) is 2.19. The zero-order valence-corrected chi connectivity index (χ0v) is 8.63. The number of hydrogen-bond donors (Lipinski definition) is 0. The van der Waals surface area contributed by atoms with Gasteiger partial charge < -0.3 is 19.2 Å². The second kappa shape index (κ2) is 8.96. The van der Waals surface area contributed by atoms with Crippen LogP contribution in [0.1, 0.15) is 0 Å². The molecule has 0 aromatic rings. The van der Waals surface area contributed by atoms with Crippen LogP contribution in [0.25, 0.3) is 0 Å². The van der Waals surface area contributed by atoms with Crippen molar-refractivity contribution in [1.29, 1.82) is 0 Å². The summed E-state index contributed by atoms with van der Waals surface area (Å²) < 4.78 is 8.55. The average molecular weight is 222 g/mol. The molecule has 0 aliphatic carbocycles. The van der Waals surface area contributed by atoms with Crippen LogP contribution in [0.3, 0.4) is 0 Å². The Morgan fingerprint density at radius 2 is 1.12 bits per heavy atom. The van der Waals surface area contributed by atoms with E-state index in [-0.39, 0.29) is 58.2 Å². The Morgan fingerprint density at radius 1 is 1.12 bits per heavy atom. The predicted octanol–water partition coefficient (Wildman–Crippen LogP) is -6.20. The normalized spacial score (nSPS) is 7.38. The monoisotopic (exact) mass is 224 g/mol. The Kier molecular flexibility index (Phi) is 25.2. The first kappa shape index (κ1) is 22.5. The first-order chi connectivity index (χ1) is 2.00. The molecular weight excluding hydrogens is 222 g/mol. The number of hydrogen-bond acceptors (Lipinski definition) is 4. The van der Waals surface area contributed by atoms with Gasteiger partial charge in [-0.3, -0.25) is 0 Å². The largest absolute Gasteiger partial charge is 4.00 e. The molecule has 0 saturated heterocycles. The van der Waals surface area contributed by atoms with E-state index < -0.39 is 7.82 Å².